The molecule has 0 amide bonds. The molecule has 0 atom stereocenters. The minimum atomic E-state index is -3.69. The summed E-state index contributed by atoms with van der Waals surface area (Å²) in [6, 6.07) is 3.02. The molecule has 0 radical (unpaired) electrons. The van der Waals surface area contributed by atoms with Crippen LogP contribution in [0.4, 0.5) is 11.4 Å². The third-order valence-corrected chi connectivity index (χ3v) is 5.29. The molecule has 0 bridgehead atoms. The van der Waals surface area contributed by atoms with Crippen LogP contribution in [-0.2, 0) is 10.0 Å². The molecule has 0 spiro atoms. The summed E-state index contributed by atoms with van der Waals surface area (Å²) in [5.74, 6) is -1.43. The number of carboxylic acids is 1. The molecule has 1 aromatic carbocycles. The Kier molecular flexibility index (Phi) is 4.12. The Balaban J connectivity index is 2.35. The van der Waals surface area contributed by atoms with Crippen LogP contribution >= 0.6 is 0 Å². The number of carboxylic acid groups (broad SMARTS) is 1. The molecule has 1 aliphatic rings. The lowest BCUT2D eigenvalue weighted by atomic mass is 10.1. The Morgan fingerprint density at radius 3 is 2.48 bits per heavy atom. The zero-order chi connectivity index (χ0) is 15.6. The molecule has 1 saturated carbocycles. The monoisotopic (exact) mass is 314 g/mol. The van der Waals surface area contributed by atoms with E-state index in [1.807, 2.05) is 0 Å². The van der Waals surface area contributed by atoms with Crippen molar-refractivity contribution < 1.29 is 23.2 Å². The van der Waals surface area contributed by atoms with Crippen LogP contribution in [0.1, 0.15) is 36.0 Å². The topological polar surface area (TPSA) is 127 Å². The smallest absolute Gasteiger partial charge is 0.338 e. The van der Waals surface area contributed by atoms with Crippen LogP contribution in [-0.4, -0.2) is 29.7 Å². The average Bonchev–Trinajstić information content (AvgIpc) is 2.92. The van der Waals surface area contributed by atoms with Crippen molar-refractivity contribution in [3.63, 3.8) is 0 Å². The number of carbonyl (C=O) groups is 1. The van der Waals surface area contributed by atoms with Crippen LogP contribution in [0.3, 0.4) is 0 Å². The van der Waals surface area contributed by atoms with Gasteiger partial charge >= 0.3 is 5.97 Å². The fourth-order valence-electron chi connectivity index (χ4n) is 2.35. The van der Waals surface area contributed by atoms with Crippen LogP contribution in [0.5, 0.6) is 0 Å². The molecular weight excluding hydrogens is 300 g/mol. The molecule has 2 N–H and O–H groups in total. The number of aromatic carboxylic acids is 1. The van der Waals surface area contributed by atoms with Crippen molar-refractivity contribution >= 4 is 27.4 Å². The maximum absolute atomic E-state index is 12.2. The number of nitrogens with one attached hydrogen (secondary N) is 1. The first kappa shape index (κ1) is 15.2. The van der Waals surface area contributed by atoms with Gasteiger partial charge in [-0.1, -0.05) is 12.8 Å². The number of benzene rings is 1. The van der Waals surface area contributed by atoms with Gasteiger partial charge in [0.05, 0.1) is 21.4 Å². The zero-order valence-electron chi connectivity index (χ0n) is 11.0. The highest BCUT2D eigenvalue weighted by atomic mass is 32.2. The van der Waals surface area contributed by atoms with Crippen LogP contribution < -0.4 is 4.72 Å². The van der Waals surface area contributed by atoms with Gasteiger partial charge in [-0.2, -0.15) is 0 Å². The summed E-state index contributed by atoms with van der Waals surface area (Å²) in [5.41, 5.74) is -0.998. The number of nitro benzene ring substituents is 1. The van der Waals surface area contributed by atoms with E-state index in [0.29, 0.717) is 12.8 Å². The molecule has 114 valence electrons. The minimum absolute atomic E-state index is 0.153. The number of non-ortho nitro benzene ring substituents is 1. The number of nitrogens with zero attached hydrogens (tertiary/aromatic N) is 1. The highest BCUT2D eigenvalue weighted by Gasteiger charge is 2.30. The maximum atomic E-state index is 12.2. The molecule has 1 aromatic rings. The number of nitro groups is 1. The van der Waals surface area contributed by atoms with Crippen molar-refractivity contribution in [2.24, 2.45) is 0 Å². The average molecular weight is 314 g/mol. The number of hydrogen-bond acceptors (Lipinski definition) is 5. The molecule has 1 aliphatic carbocycles. The molecule has 0 unspecified atom stereocenters. The van der Waals surface area contributed by atoms with Crippen LogP contribution in [0.15, 0.2) is 18.2 Å². The zero-order valence-corrected chi connectivity index (χ0v) is 11.8. The van der Waals surface area contributed by atoms with Crippen LogP contribution in [0.25, 0.3) is 0 Å². The van der Waals surface area contributed by atoms with E-state index < -0.39 is 37.4 Å². The van der Waals surface area contributed by atoms with Crippen molar-refractivity contribution in [1.29, 1.82) is 0 Å². The minimum Gasteiger partial charge on any atom is -0.478 e. The first-order valence-electron chi connectivity index (χ1n) is 6.34. The Morgan fingerprint density at radius 1 is 1.33 bits per heavy atom. The first-order chi connectivity index (χ1) is 9.81. The number of rotatable bonds is 5. The molecule has 2 rings (SSSR count). The van der Waals surface area contributed by atoms with E-state index in [2.05, 4.69) is 4.72 Å². The summed E-state index contributed by atoms with van der Waals surface area (Å²) in [5, 5.41) is 19.2. The van der Waals surface area contributed by atoms with E-state index in [-0.39, 0.29) is 5.69 Å². The van der Waals surface area contributed by atoms with Gasteiger partial charge in [-0.15, -0.1) is 0 Å². The lowest BCUT2D eigenvalue weighted by molar-refractivity contribution is -0.384. The second-order valence-corrected chi connectivity index (χ2v) is 6.81. The predicted octanol–water partition coefficient (Wildman–Crippen LogP) is 1.98. The summed E-state index contributed by atoms with van der Waals surface area (Å²) < 4.78 is 26.6. The fraction of sp³-hybridized carbons (Fsp3) is 0.417. The lowest BCUT2D eigenvalue weighted by Crippen LogP contribution is -2.26. The van der Waals surface area contributed by atoms with E-state index in [9.17, 15) is 23.3 Å². The van der Waals surface area contributed by atoms with Gasteiger partial charge in [0.1, 0.15) is 0 Å². The maximum Gasteiger partial charge on any atom is 0.338 e. The molecule has 9 heteroatoms. The number of hydrogen-bond donors (Lipinski definition) is 2. The largest absolute Gasteiger partial charge is 0.478 e. The third-order valence-electron chi connectivity index (χ3n) is 3.44. The first-order valence-corrected chi connectivity index (χ1v) is 7.89. The lowest BCUT2D eigenvalue weighted by Gasteiger charge is -2.14. The Labute approximate surface area is 121 Å². The van der Waals surface area contributed by atoms with Crippen LogP contribution in [0, 0.1) is 10.1 Å². The van der Waals surface area contributed by atoms with Crippen LogP contribution in [0.2, 0.25) is 0 Å². The highest BCUT2D eigenvalue weighted by molar-refractivity contribution is 7.93. The Hall–Kier alpha value is -2.16. The van der Waals surface area contributed by atoms with Crippen molar-refractivity contribution in [1.82, 2.24) is 0 Å². The molecule has 0 aliphatic heterocycles. The van der Waals surface area contributed by atoms with Gasteiger partial charge in [-0.3, -0.25) is 14.8 Å². The molecule has 8 nitrogen and oxygen atoms in total. The molecule has 1 fully saturated rings. The summed E-state index contributed by atoms with van der Waals surface area (Å²) in [7, 11) is -3.69. The van der Waals surface area contributed by atoms with Gasteiger partial charge in [-0.05, 0) is 18.9 Å². The third kappa shape index (κ3) is 3.30. The summed E-state index contributed by atoms with van der Waals surface area (Å²) in [4.78, 5) is 21.1. The second-order valence-electron chi connectivity index (χ2n) is 4.85. The Morgan fingerprint density at radius 2 is 1.95 bits per heavy atom. The quantitative estimate of drug-likeness (QED) is 0.632. The second kappa shape index (κ2) is 5.68. The van der Waals surface area contributed by atoms with Gasteiger partial charge in [0.25, 0.3) is 5.69 Å². The van der Waals surface area contributed by atoms with Gasteiger partial charge in [0, 0.05) is 12.1 Å². The normalized spacial score (nSPS) is 15.8. The number of sulfonamides is 1. The Bertz CT molecular complexity index is 679. The van der Waals surface area contributed by atoms with Crippen molar-refractivity contribution in [3.8, 4) is 0 Å². The standard InChI is InChI=1S/C12H14N2O6S/c15-12(16)10-7-8(14(17)18)5-6-11(10)13-21(19,20)9-3-1-2-4-9/h5-7,9,13H,1-4H2,(H,15,16). The molecule has 0 saturated heterocycles. The van der Waals surface area contributed by atoms with E-state index in [4.69, 9.17) is 5.11 Å². The fourth-order valence-corrected chi connectivity index (χ4v) is 3.95. The van der Waals surface area contributed by atoms with Gasteiger partial charge in [0.15, 0.2) is 0 Å². The van der Waals surface area contributed by atoms with Gasteiger partial charge in [-0.25, -0.2) is 13.2 Å². The SMILES string of the molecule is O=C(O)c1cc([N+](=O)[O-])ccc1NS(=O)(=O)C1CCCC1. The van der Waals surface area contributed by atoms with E-state index in [1.54, 1.807) is 0 Å². The van der Waals surface area contributed by atoms with Crippen molar-refractivity contribution in [3.05, 3.63) is 33.9 Å². The molecule has 0 aromatic heterocycles. The van der Waals surface area contributed by atoms with Gasteiger partial charge in [0.2, 0.25) is 10.0 Å². The van der Waals surface area contributed by atoms with E-state index >= 15 is 0 Å². The summed E-state index contributed by atoms with van der Waals surface area (Å²) in [6.45, 7) is 0. The summed E-state index contributed by atoms with van der Waals surface area (Å²) >= 11 is 0. The molecule has 21 heavy (non-hydrogen) atoms. The molecule has 0 heterocycles. The summed E-state index contributed by atoms with van der Waals surface area (Å²) in [6.07, 6.45) is 2.70. The van der Waals surface area contributed by atoms with Gasteiger partial charge < -0.3 is 5.11 Å². The van der Waals surface area contributed by atoms with Crippen molar-refractivity contribution in [2.45, 2.75) is 30.9 Å². The van der Waals surface area contributed by atoms with E-state index in [1.165, 1.54) is 0 Å². The van der Waals surface area contributed by atoms with Crippen molar-refractivity contribution in [2.75, 3.05) is 4.72 Å². The van der Waals surface area contributed by atoms with E-state index in [0.717, 1.165) is 31.0 Å². The highest BCUT2D eigenvalue weighted by Crippen LogP contribution is 2.28. The number of anilines is 1. The molecular formula is C12H14N2O6S. The predicted molar refractivity (Wildman–Crippen MR) is 74.9 cm³/mol.